The predicted octanol–water partition coefficient (Wildman–Crippen LogP) is 4.25. The van der Waals surface area contributed by atoms with Crippen LogP contribution in [0.3, 0.4) is 0 Å². The molecular weight excluding hydrogens is 385 g/mol. The second kappa shape index (κ2) is 9.01. The average molecular weight is 402 g/mol. The summed E-state index contributed by atoms with van der Waals surface area (Å²) in [4.78, 5) is 10.6. The lowest BCUT2D eigenvalue weighted by Gasteiger charge is -2.00. The number of nitrogens with two attached hydrogens (primary N) is 1. The first-order chi connectivity index (χ1) is 11.5. The highest BCUT2D eigenvalue weighted by molar-refractivity contribution is 7.88. The Balaban J connectivity index is 0.000000257. The Morgan fingerprint density at radius 1 is 1.12 bits per heavy atom. The number of rotatable bonds is 3. The fourth-order valence-corrected chi connectivity index (χ4v) is 2.68. The lowest BCUT2D eigenvalue weighted by atomic mass is 10.1. The Bertz CT molecular complexity index is 909. The van der Waals surface area contributed by atoms with Crippen molar-refractivity contribution >= 4 is 45.3 Å². The molecule has 0 heterocycles. The van der Waals surface area contributed by atoms with Gasteiger partial charge in [-0.1, -0.05) is 47.0 Å². The van der Waals surface area contributed by atoms with Crippen LogP contribution in [0.5, 0.6) is 0 Å². The zero-order valence-electron chi connectivity index (χ0n) is 13.5. The van der Waals surface area contributed by atoms with Crippen LogP contribution in [-0.4, -0.2) is 18.9 Å². The number of carbonyl (C=O) groups excluding carboxylic acids is 1. The van der Waals surface area contributed by atoms with Crippen LogP contribution in [0.4, 0.5) is 0 Å². The van der Waals surface area contributed by atoms with Crippen LogP contribution in [0.25, 0.3) is 6.08 Å². The first kappa shape index (κ1) is 21.2. The zero-order valence-corrected chi connectivity index (χ0v) is 15.9. The van der Waals surface area contributed by atoms with Gasteiger partial charge < -0.3 is 5.73 Å². The third-order valence-electron chi connectivity index (χ3n) is 3.04. The molecule has 0 aliphatic carbocycles. The van der Waals surface area contributed by atoms with Crippen molar-refractivity contribution in [3.05, 3.63) is 74.1 Å². The lowest BCUT2D eigenvalue weighted by molar-refractivity contribution is 0.100. The van der Waals surface area contributed by atoms with Gasteiger partial charge in [0.05, 0.1) is 16.0 Å². The summed E-state index contributed by atoms with van der Waals surface area (Å²) >= 11 is 11.2. The van der Waals surface area contributed by atoms with Crippen LogP contribution in [0.15, 0.2) is 41.8 Å². The molecular formula is C17H17Cl2NO4S. The molecule has 134 valence electrons. The van der Waals surface area contributed by atoms with E-state index in [0.29, 0.717) is 5.02 Å². The van der Waals surface area contributed by atoms with E-state index in [1.807, 2.05) is 32.0 Å². The van der Waals surface area contributed by atoms with Crippen LogP contribution in [0.1, 0.15) is 27.0 Å². The van der Waals surface area contributed by atoms with E-state index in [4.69, 9.17) is 33.5 Å². The predicted molar refractivity (Wildman–Crippen MR) is 101 cm³/mol. The van der Waals surface area contributed by atoms with Crippen molar-refractivity contribution < 1.29 is 17.8 Å². The molecule has 1 amide bonds. The topological polar surface area (TPSA) is 97.5 Å². The highest BCUT2D eigenvalue weighted by Crippen LogP contribution is 2.20. The molecule has 0 fully saturated rings. The fourth-order valence-electron chi connectivity index (χ4n) is 1.86. The van der Waals surface area contributed by atoms with Crippen LogP contribution < -0.4 is 5.73 Å². The van der Waals surface area contributed by atoms with Gasteiger partial charge >= 0.3 is 0 Å². The quantitative estimate of drug-likeness (QED) is 0.750. The summed E-state index contributed by atoms with van der Waals surface area (Å²) in [5, 5.41) is 1.55. The summed E-state index contributed by atoms with van der Waals surface area (Å²) in [6.45, 7) is 3.85. The Kier molecular flexibility index (Phi) is 7.63. The summed E-state index contributed by atoms with van der Waals surface area (Å²) in [7, 11) is -4.03. The lowest BCUT2D eigenvalue weighted by Crippen LogP contribution is -2.11. The second-order valence-electron chi connectivity index (χ2n) is 5.17. The molecule has 2 rings (SSSR count). The molecule has 0 radical (unpaired) electrons. The highest BCUT2D eigenvalue weighted by Gasteiger charge is 2.05. The summed E-state index contributed by atoms with van der Waals surface area (Å²) in [6, 6.07) is 10.2. The van der Waals surface area contributed by atoms with Crippen molar-refractivity contribution in [2.24, 2.45) is 5.73 Å². The molecule has 25 heavy (non-hydrogen) atoms. The first-order valence-electron chi connectivity index (χ1n) is 6.97. The van der Waals surface area contributed by atoms with E-state index in [9.17, 15) is 13.2 Å². The highest BCUT2D eigenvalue weighted by atomic mass is 35.5. The molecule has 0 aromatic heterocycles. The third-order valence-corrected chi connectivity index (χ3v) is 4.07. The number of benzene rings is 2. The summed E-state index contributed by atoms with van der Waals surface area (Å²) in [6.07, 6.45) is 1.38. The maximum absolute atomic E-state index is 10.6. The van der Waals surface area contributed by atoms with E-state index in [2.05, 4.69) is 0 Å². The summed E-state index contributed by atoms with van der Waals surface area (Å²) in [5.41, 5.74) is 8.17. The second-order valence-corrected chi connectivity index (χ2v) is 7.31. The van der Waals surface area contributed by atoms with Gasteiger partial charge in [-0.2, -0.15) is 8.42 Å². The van der Waals surface area contributed by atoms with Crippen molar-refractivity contribution in [3.8, 4) is 0 Å². The van der Waals surface area contributed by atoms with Gasteiger partial charge in [-0.25, -0.2) is 0 Å². The van der Waals surface area contributed by atoms with Crippen LogP contribution in [0, 0.1) is 13.8 Å². The summed E-state index contributed by atoms with van der Waals surface area (Å²) in [5.74, 6) is -0.549. The molecule has 3 N–H and O–H groups in total. The molecule has 0 saturated carbocycles. The molecule has 5 nitrogen and oxygen atoms in total. The van der Waals surface area contributed by atoms with Gasteiger partial charge in [0.15, 0.2) is 0 Å². The normalized spacial score (nSPS) is 11.1. The van der Waals surface area contributed by atoms with E-state index in [0.717, 1.165) is 22.1 Å². The maximum Gasteiger partial charge on any atom is 0.287 e. The average Bonchev–Trinajstić information content (AvgIpc) is 2.45. The van der Waals surface area contributed by atoms with E-state index >= 15 is 0 Å². The number of amides is 1. The van der Waals surface area contributed by atoms with Crippen molar-refractivity contribution in [3.63, 3.8) is 0 Å². The standard InChI is InChI=1S/C10H12O3S.C7H5Cl2NO/c1-8-3-4-10(9(2)7-8)5-6-14(11,12)13;8-4-1-2-5(7(10)11)6(9)3-4/h3-7H,1-2H3,(H,11,12,13);1-3H,(H2,10,11)/b6-5+;. The zero-order chi connectivity index (χ0) is 19.2. The van der Waals surface area contributed by atoms with Gasteiger partial charge in [-0.05, 0) is 49.2 Å². The molecule has 0 aliphatic rings. The SMILES string of the molecule is Cc1ccc(/C=C/S(=O)(=O)O)c(C)c1.NC(=O)c1ccc(Cl)cc1Cl. The molecule has 8 heteroatoms. The van der Waals surface area contributed by atoms with Gasteiger partial charge in [-0.3, -0.25) is 9.35 Å². The number of primary amides is 1. The minimum atomic E-state index is -4.03. The van der Waals surface area contributed by atoms with E-state index in [1.54, 1.807) is 6.07 Å². The largest absolute Gasteiger partial charge is 0.366 e. The van der Waals surface area contributed by atoms with E-state index in [-0.39, 0.29) is 10.6 Å². The van der Waals surface area contributed by atoms with Gasteiger partial charge in [0.25, 0.3) is 10.1 Å². The molecule has 0 bridgehead atoms. The monoisotopic (exact) mass is 401 g/mol. The Hall–Kier alpha value is -1.86. The van der Waals surface area contributed by atoms with E-state index in [1.165, 1.54) is 18.2 Å². The number of carbonyl (C=O) groups is 1. The van der Waals surface area contributed by atoms with Gasteiger partial charge in [-0.15, -0.1) is 0 Å². The van der Waals surface area contributed by atoms with Gasteiger partial charge in [0.2, 0.25) is 5.91 Å². The molecule has 0 spiro atoms. The number of hydrogen-bond acceptors (Lipinski definition) is 3. The maximum atomic E-state index is 10.6. The Morgan fingerprint density at radius 3 is 2.24 bits per heavy atom. The van der Waals surface area contributed by atoms with E-state index < -0.39 is 16.0 Å². The molecule has 0 atom stereocenters. The van der Waals surface area contributed by atoms with Crippen molar-refractivity contribution in [2.45, 2.75) is 13.8 Å². The number of halogens is 2. The molecule has 2 aromatic carbocycles. The summed E-state index contributed by atoms with van der Waals surface area (Å²) < 4.78 is 29.4. The third kappa shape index (κ3) is 7.70. The first-order valence-corrected chi connectivity index (χ1v) is 9.23. The number of hydrogen-bond donors (Lipinski definition) is 2. The van der Waals surface area contributed by atoms with Crippen LogP contribution in [-0.2, 0) is 10.1 Å². The Labute approximate surface area is 156 Å². The minimum Gasteiger partial charge on any atom is -0.366 e. The number of aryl methyl sites for hydroxylation is 2. The minimum absolute atomic E-state index is 0.282. The van der Waals surface area contributed by atoms with Gasteiger partial charge in [0.1, 0.15) is 0 Å². The molecule has 0 unspecified atom stereocenters. The molecule has 2 aromatic rings. The molecule has 0 saturated heterocycles. The van der Waals surface area contributed by atoms with Crippen molar-refractivity contribution in [2.75, 3.05) is 0 Å². The van der Waals surface area contributed by atoms with Crippen molar-refractivity contribution in [1.82, 2.24) is 0 Å². The van der Waals surface area contributed by atoms with Crippen LogP contribution in [0.2, 0.25) is 10.0 Å². The van der Waals surface area contributed by atoms with Gasteiger partial charge in [0, 0.05) is 5.02 Å². The fraction of sp³-hybridized carbons (Fsp3) is 0.118. The molecule has 0 aliphatic heterocycles. The smallest absolute Gasteiger partial charge is 0.287 e. The van der Waals surface area contributed by atoms with Crippen LogP contribution >= 0.6 is 23.2 Å². The van der Waals surface area contributed by atoms with Crippen molar-refractivity contribution in [1.29, 1.82) is 0 Å². The Morgan fingerprint density at radius 2 is 1.76 bits per heavy atom.